The summed E-state index contributed by atoms with van der Waals surface area (Å²) >= 11 is 0. The van der Waals surface area contributed by atoms with Gasteiger partial charge in [0.15, 0.2) is 0 Å². The van der Waals surface area contributed by atoms with Gasteiger partial charge < -0.3 is 4.74 Å². The van der Waals surface area contributed by atoms with Crippen LogP contribution in [0.1, 0.15) is 25.7 Å². The molecule has 9 heteroatoms. The first-order valence-corrected chi connectivity index (χ1v) is 8.09. The Morgan fingerprint density at radius 2 is 2.05 bits per heavy atom. The van der Waals surface area contributed by atoms with Crippen LogP contribution in [0, 0.1) is 21.4 Å². The van der Waals surface area contributed by atoms with Crippen LogP contribution in [-0.2, 0) is 10.0 Å². The van der Waals surface area contributed by atoms with Crippen LogP contribution >= 0.6 is 0 Å². The van der Waals surface area contributed by atoms with E-state index < -0.39 is 20.5 Å². The Balaban J connectivity index is 2.41. The van der Waals surface area contributed by atoms with E-state index in [-0.39, 0.29) is 16.3 Å². The summed E-state index contributed by atoms with van der Waals surface area (Å²) in [5, 5.41) is 20.0. The Kier molecular flexibility index (Phi) is 4.35. The lowest BCUT2D eigenvalue weighted by molar-refractivity contribution is -0.385. The minimum Gasteiger partial charge on any atom is -0.495 e. The third-order valence-corrected chi connectivity index (χ3v) is 5.22. The highest BCUT2D eigenvalue weighted by atomic mass is 32.2. The molecule has 8 nitrogen and oxygen atoms in total. The predicted octanol–water partition coefficient (Wildman–Crippen LogP) is 1.72. The maximum atomic E-state index is 12.5. The smallest absolute Gasteiger partial charge is 0.273 e. The van der Waals surface area contributed by atoms with E-state index in [2.05, 4.69) is 4.72 Å². The molecular formula is C13H15N3O5S. The second-order valence-electron chi connectivity index (χ2n) is 5.10. The SMILES string of the molecule is COc1cc([N+](=O)[O-])ccc1S(=O)(=O)NC1(C#N)CCCC1. The summed E-state index contributed by atoms with van der Waals surface area (Å²) in [7, 11) is -2.79. The first-order valence-electron chi connectivity index (χ1n) is 6.61. The number of nitro groups is 1. The van der Waals surface area contributed by atoms with E-state index in [1.807, 2.05) is 6.07 Å². The standard InChI is InChI=1S/C13H15N3O5S/c1-21-11-8-10(16(17)18)4-5-12(11)22(19,20)15-13(9-14)6-2-3-7-13/h4-5,8,15H,2-3,6-7H2,1H3. The number of nitriles is 1. The van der Waals surface area contributed by atoms with Crippen molar-refractivity contribution in [2.75, 3.05) is 7.11 Å². The van der Waals surface area contributed by atoms with E-state index in [4.69, 9.17) is 4.74 Å². The molecule has 118 valence electrons. The highest BCUT2D eigenvalue weighted by Gasteiger charge is 2.39. The molecule has 0 amide bonds. The van der Waals surface area contributed by atoms with Crippen molar-refractivity contribution in [1.82, 2.24) is 4.72 Å². The van der Waals surface area contributed by atoms with Gasteiger partial charge >= 0.3 is 0 Å². The molecule has 2 rings (SSSR count). The van der Waals surface area contributed by atoms with Crippen molar-refractivity contribution in [2.24, 2.45) is 0 Å². The summed E-state index contributed by atoms with van der Waals surface area (Å²) < 4.78 is 32.4. The van der Waals surface area contributed by atoms with Crippen LogP contribution in [0.25, 0.3) is 0 Å². The van der Waals surface area contributed by atoms with Crippen LogP contribution in [0.15, 0.2) is 23.1 Å². The van der Waals surface area contributed by atoms with Gasteiger partial charge in [0.25, 0.3) is 5.69 Å². The molecule has 0 radical (unpaired) electrons. The normalized spacial score (nSPS) is 16.9. The van der Waals surface area contributed by atoms with Crippen molar-refractivity contribution >= 4 is 15.7 Å². The van der Waals surface area contributed by atoms with Gasteiger partial charge in [-0.1, -0.05) is 12.8 Å². The summed E-state index contributed by atoms with van der Waals surface area (Å²) in [6, 6.07) is 5.27. The number of nitrogens with zero attached hydrogens (tertiary/aromatic N) is 2. The molecule has 1 N–H and O–H groups in total. The molecule has 1 aromatic rings. The highest BCUT2D eigenvalue weighted by molar-refractivity contribution is 7.89. The Morgan fingerprint density at radius 1 is 1.41 bits per heavy atom. The average Bonchev–Trinajstić information content (AvgIpc) is 2.94. The molecule has 1 aromatic carbocycles. The number of rotatable bonds is 5. The third kappa shape index (κ3) is 3.03. The predicted molar refractivity (Wildman–Crippen MR) is 76.8 cm³/mol. The molecule has 0 bridgehead atoms. The molecule has 0 aliphatic heterocycles. The summed E-state index contributed by atoms with van der Waals surface area (Å²) in [6.07, 6.45) is 2.43. The second-order valence-corrected chi connectivity index (χ2v) is 6.75. The van der Waals surface area contributed by atoms with Gasteiger partial charge in [0.05, 0.1) is 24.2 Å². The first-order chi connectivity index (χ1) is 10.3. The van der Waals surface area contributed by atoms with Crippen LogP contribution in [0.4, 0.5) is 5.69 Å². The molecule has 22 heavy (non-hydrogen) atoms. The van der Waals surface area contributed by atoms with Crippen LogP contribution < -0.4 is 9.46 Å². The van der Waals surface area contributed by atoms with Crippen LogP contribution in [0.3, 0.4) is 0 Å². The van der Waals surface area contributed by atoms with Gasteiger partial charge in [-0.3, -0.25) is 10.1 Å². The fraction of sp³-hybridized carbons (Fsp3) is 0.462. The van der Waals surface area contributed by atoms with Crippen molar-refractivity contribution in [1.29, 1.82) is 5.26 Å². The number of non-ortho nitro benzene ring substituents is 1. The first kappa shape index (κ1) is 16.2. The molecular weight excluding hydrogens is 310 g/mol. The van der Waals surface area contributed by atoms with Gasteiger partial charge in [-0.15, -0.1) is 0 Å². The van der Waals surface area contributed by atoms with Crippen LogP contribution in [-0.4, -0.2) is 26.0 Å². The third-order valence-electron chi connectivity index (χ3n) is 3.65. The molecule has 1 aliphatic carbocycles. The summed E-state index contributed by atoms with van der Waals surface area (Å²) in [4.78, 5) is 9.89. The molecule has 1 saturated carbocycles. The Bertz CT molecular complexity index is 733. The number of ether oxygens (including phenoxy) is 1. The van der Waals surface area contributed by atoms with Crippen molar-refractivity contribution in [3.63, 3.8) is 0 Å². The van der Waals surface area contributed by atoms with Gasteiger partial charge in [0, 0.05) is 6.07 Å². The van der Waals surface area contributed by atoms with Crippen LogP contribution in [0.5, 0.6) is 5.75 Å². The van der Waals surface area contributed by atoms with Crippen LogP contribution in [0.2, 0.25) is 0 Å². The van der Waals surface area contributed by atoms with E-state index in [0.717, 1.165) is 31.0 Å². The monoisotopic (exact) mass is 325 g/mol. The van der Waals surface area contributed by atoms with E-state index in [1.54, 1.807) is 0 Å². The van der Waals surface area contributed by atoms with Crippen molar-refractivity contribution in [2.45, 2.75) is 36.1 Å². The number of nitrogens with one attached hydrogen (secondary N) is 1. The molecule has 0 saturated heterocycles. The number of hydrogen-bond acceptors (Lipinski definition) is 6. The van der Waals surface area contributed by atoms with Crippen molar-refractivity contribution in [3.05, 3.63) is 28.3 Å². The van der Waals surface area contributed by atoms with Crippen molar-refractivity contribution in [3.8, 4) is 11.8 Å². The minimum atomic E-state index is -4.02. The maximum Gasteiger partial charge on any atom is 0.273 e. The minimum absolute atomic E-state index is 0.132. The number of sulfonamides is 1. The molecule has 0 unspecified atom stereocenters. The fourth-order valence-electron chi connectivity index (χ4n) is 2.52. The zero-order valence-electron chi connectivity index (χ0n) is 11.9. The molecule has 0 spiro atoms. The summed E-state index contributed by atoms with van der Waals surface area (Å²) in [5.74, 6) is -0.132. The second kappa shape index (κ2) is 5.90. The molecule has 0 atom stereocenters. The van der Waals surface area contributed by atoms with E-state index in [9.17, 15) is 23.8 Å². The number of benzene rings is 1. The topological polar surface area (TPSA) is 122 Å². The van der Waals surface area contributed by atoms with E-state index in [0.29, 0.717) is 12.8 Å². The Hall–Kier alpha value is -2.18. The summed E-state index contributed by atoms with van der Waals surface area (Å²) in [5.41, 5.74) is -1.39. The molecule has 1 aliphatic rings. The van der Waals surface area contributed by atoms with Gasteiger partial charge in [0.1, 0.15) is 16.2 Å². The maximum absolute atomic E-state index is 12.5. The van der Waals surface area contributed by atoms with E-state index in [1.165, 1.54) is 7.11 Å². The zero-order valence-corrected chi connectivity index (χ0v) is 12.7. The number of methoxy groups -OCH3 is 1. The van der Waals surface area contributed by atoms with Gasteiger partial charge in [-0.2, -0.15) is 9.98 Å². The largest absolute Gasteiger partial charge is 0.495 e. The lowest BCUT2D eigenvalue weighted by Gasteiger charge is -2.22. The molecule has 1 fully saturated rings. The fourth-order valence-corrected chi connectivity index (χ4v) is 4.05. The van der Waals surface area contributed by atoms with E-state index >= 15 is 0 Å². The quantitative estimate of drug-likeness (QED) is 0.649. The number of nitro benzene ring substituents is 1. The Morgan fingerprint density at radius 3 is 2.55 bits per heavy atom. The van der Waals surface area contributed by atoms with Gasteiger partial charge in [0.2, 0.25) is 10.0 Å². The average molecular weight is 325 g/mol. The van der Waals surface area contributed by atoms with Crippen molar-refractivity contribution < 1.29 is 18.1 Å². The van der Waals surface area contributed by atoms with Gasteiger partial charge in [-0.25, -0.2) is 8.42 Å². The Labute approximate surface area is 127 Å². The van der Waals surface area contributed by atoms with Gasteiger partial charge in [-0.05, 0) is 18.9 Å². The zero-order chi connectivity index (χ0) is 16.4. The molecule has 0 aromatic heterocycles. The highest BCUT2D eigenvalue weighted by Crippen LogP contribution is 2.33. The lowest BCUT2D eigenvalue weighted by atomic mass is 10.0. The summed E-state index contributed by atoms with van der Waals surface area (Å²) in [6.45, 7) is 0. The lowest BCUT2D eigenvalue weighted by Crippen LogP contribution is -2.45. The molecule has 0 heterocycles. The number of hydrogen-bond donors (Lipinski definition) is 1.